The van der Waals surface area contributed by atoms with Gasteiger partial charge in [-0.25, -0.2) is 0 Å². The van der Waals surface area contributed by atoms with E-state index in [1.54, 1.807) is 0 Å². The van der Waals surface area contributed by atoms with E-state index in [4.69, 9.17) is 4.74 Å². The van der Waals surface area contributed by atoms with Crippen LogP contribution in [0.5, 0.6) is 0 Å². The Bertz CT molecular complexity index is 267. The normalized spacial score (nSPS) is 35.3. The molecule has 3 unspecified atom stereocenters. The maximum Gasteiger partial charge on any atom is 0.0641 e. The largest absolute Gasteiger partial charge is 0.375 e. The van der Waals surface area contributed by atoms with Gasteiger partial charge < -0.3 is 10.1 Å². The summed E-state index contributed by atoms with van der Waals surface area (Å²) in [6, 6.07) is 1.40. The Hall–Kier alpha value is -0.120. The maximum absolute atomic E-state index is 5.84. The Morgan fingerprint density at radius 2 is 2.22 bits per heavy atom. The van der Waals surface area contributed by atoms with Gasteiger partial charge in [0.2, 0.25) is 0 Å². The average molecular weight is 254 g/mol. The fraction of sp³-hybridized carbons (Fsp3) is 1.00. The topological polar surface area (TPSA) is 24.5 Å². The Morgan fingerprint density at radius 1 is 1.44 bits per heavy atom. The molecule has 0 saturated carbocycles. The van der Waals surface area contributed by atoms with Gasteiger partial charge in [-0.2, -0.15) is 0 Å². The molecule has 2 heterocycles. The third-order valence-electron chi connectivity index (χ3n) is 4.76. The predicted octanol–water partition coefficient (Wildman–Crippen LogP) is 2.26. The summed E-state index contributed by atoms with van der Waals surface area (Å²) in [5, 5.41) is 3.69. The second kappa shape index (κ2) is 5.89. The molecule has 106 valence electrons. The van der Waals surface area contributed by atoms with Crippen molar-refractivity contribution in [3.63, 3.8) is 0 Å². The van der Waals surface area contributed by atoms with Gasteiger partial charge in [-0.05, 0) is 32.6 Å². The Morgan fingerprint density at radius 3 is 2.89 bits per heavy atom. The smallest absolute Gasteiger partial charge is 0.0641 e. The lowest BCUT2D eigenvalue weighted by molar-refractivity contribution is -0.0870. The van der Waals surface area contributed by atoms with Crippen molar-refractivity contribution in [1.82, 2.24) is 10.2 Å². The van der Waals surface area contributed by atoms with Crippen LogP contribution in [0.1, 0.15) is 47.0 Å². The van der Waals surface area contributed by atoms with Crippen LogP contribution >= 0.6 is 0 Å². The van der Waals surface area contributed by atoms with E-state index < -0.39 is 0 Å². The molecule has 18 heavy (non-hydrogen) atoms. The summed E-state index contributed by atoms with van der Waals surface area (Å²) < 4.78 is 5.84. The third kappa shape index (κ3) is 3.46. The zero-order chi connectivity index (χ0) is 13.2. The minimum atomic E-state index is 0.0691. The first kappa shape index (κ1) is 14.3. The number of rotatable bonds is 3. The lowest BCUT2D eigenvalue weighted by Gasteiger charge is -2.45. The molecule has 2 aliphatic rings. The first-order valence-corrected chi connectivity index (χ1v) is 7.63. The molecule has 2 aliphatic heterocycles. The standard InChI is InChI=1S/C15H30N2O/c1-5-12(2)14-11-17(8-7-16-14)13-6-9-18-15(3,4)10-13/h12-14,16H,5-11H2,1-4H3. The lowest BCUT2D eigenvalue weighted by atomic mass is 9.90. The molecular formula is C15H30N2O. The number of piperazine rings is 1. The van der Waals surface area contributed by atoms with Crippen LogP contribution in [0, 0.1) is 5.92 Å². The van der Waals surface area contributed by atoms with Crippen molar-refractivity contribution in [3.05, 3.63) is 0 Å². The molecule has 0 spiro atoms. The van der Waals surface area contributed by atoms with Gasteiger partial charge in [-0.3, -0.25) is 4.90 Å². The van der Waals surface area contributed by atoms with Crippen molar-refractivity contribution in [2.45, 2.75) is 64.6 Å². The molecule has 3 nitrogen and oxygen atoms in total. The summed E-state index contributed by atoms with van der Waals surface area (Å²) in [7, 11) is 0. The minimum absolute atomic E-state index is 0.0691. The summed E-state index contributed by atoms with van der Waals surface area (Å²) in [4.78, 5) is 2.71. The molecule has 0 aromatic rings. The van der Waals surface area contributed by atoms with E-state index >= 15 is 0 Å². The highest BCUT2D eigenvalue weighted by atomic mass is 16.5. The van der Waals surface area contributed by atoms with Gasteiger partial charge >= 0.3 is 0 Å². The number of nitrogens with zero attached hydrogens (tertiary/aromatic N) is 1. The Labute approximate surface area is 112 Å². The molecule has 0 aromatic carbocycles. The fourth-order valence-corrected chi connectivity index (χ4v) is 3.31. The first-order chi connectivity index (χ1) is 8.52. The van der Waals surface area contributed by atoms with Crippen LogP contribution in [-0.4, -0.2) is 48.8 Å². The van der Waals surface area contributed by atoms with Gasteiger partial charge in [0.25, 0.3) is 0 Å². The van der Waals surface area contributed by atoms with Crippen molar-refractivity contribution >= 4 is 0 Å². The van der Waals surface area contributed by atoms with E-state index in [1.165, 1.54) is 32.4 Å². The second-order valence-electron chi connectivity index (χ2n) is 6.70. The minimum Gasteiger partial charge on any atom is -0.375 e. The number of ether oxygens (including phenoxy) is 1. The van der Waals surface area contributed by atoms with Crippen LogP contribution in [0.15, 0.2) is 0 Å². The second-order valence-corrected chi connectivity index (χ2v) is 6.70. The van der Waals surface area contributed by atoms with Gasteiger partial charge in [-0.1, -0.05) is 20.3 Å². The molecule has 2 fully saturated rings. The van der Waals surface area contributed by atoms with Crippen molar-refractivity contribution in [3.8, 4) is 0 Å². The highest BCUT2D eigenvalue weighted by Crippen LogP contribution is 2.28. The van der Waals surface area contributed by atoms with Crippen LogP contribution < -0.4 is 5.32 Å². The molecule has 2 saturated heterocycles. The Kier molecular flexibility index (Phi) is 4.68. The maximum atomic E-state index is 5.84. The van der Waals surface area contributed by atoms with Gasteiger partial charge in [0.05, 0.1) is 5.60 Å². The molecule has 0 aromatic heterocycles. The molecule has 2 rings (SSSR count). The highest BCUT2D eigenvalue weighted by Gasteiger charge is 2.34. The SMILES string of the molecule is CCC(C)C1CN(C2CCOC(C)(C)C2)CCN1. The Balaban J connectivity index is 1.92. The van der Waals surface area contributed by atoms with Gasteiger partial charge in [0.1, 0.15) is 0 Å². The quantitative estimate of drug-likeness (QED) is 0.836. The van der Waals surface area contributed by atoms with Crippen molar-refractivity contribution in [2.24, 2.45) is 5.92 Å². The summed E-state index contributed by atoms with van der Waals surface area (Å²) in [6.45, 7) is 13.6. The van der Waals surface area contributed by atoms with E-state index in [1.807, 2.05) is 0 Å². The van der Waals surface area contributed by atoms with E-state index in [2.05, 4.69) is 37.9 Å². The van der Waals surface area contributed by atoms with Crippen LogP contribution in [-0.2, 0) is 4.74 Å². The zero-order valence-electron chi connectivity index (χ0n) is 12.5. The van der Waals surface area contributed by atoms with Crippen LogP contribution in [0.4, 0.5) is 0 Å². The lowest BCUT2D eigenvalue weighted by Crippen LogP contribution is -2.58. The van der Waals surface area contributed by atoms with E-state index in [0.717, 1.165) is 25.1 Å². The average Bonchev–Trinajstić information content (AvgIpc) is 2.37. The summed E-state index contributed by atoms with van der Waals surface area (Å²) in [6.07, 6.45) is 3.65. The molecule has 3 heteroatoms. The molecule has 0 aliphatic carbocycles. The fourth-order valence-electron chi connectivity index (χ4n) is 3.31. The van der Waals surface area contributed by atoms with Crippen molar-refractivity contribution in [2.75, 3.05) is 26.2 Å². The van der Waals surface area contributed by atoms with Gasteiger partial charge in [0, 0.05) is 38.3 Å². The highest BCUT2D eigenvalue weighted by molar-refractivity contribution is 4.90. The van der Waals surface area contributed by atoms with Crippen molar-refractivity contribution < 1.29 is 4.74 Å². The molecule has 0 bridgehead atoms. The van der Waals surface area contributed by atoms with Gasteiger partial charge in [-0.15, -0.1) is 0 Å². The molecule has 0 amide bonds. The predicted molar refractivity (Wildman–Crippen MR) is 75.9 cm³/mol. The number of nitrogens with one attached hydrogen (secondary N) is 1. The first-order valence-electron chi connectivity index (χ1n) is 7.63. The third-order valence-corrected chi connectivity index (χ3v) is 4.76. The number of hydrogen-bond donors (Lipinski definition) is 1. The van der Waals surface area contributed by atoms with E-state index in [0.29, 0.717) is 6.04 Å². The van der Waals surface area contributed by atoms with Crippen LogP contribution in [0.2, 0.25) is 0 Å². The van der Waals surface area contributed by atoms with Gasteiger partial charge in [0.15, 0.2) is 0 Å². The molecule has 0 radical (unpaired) electrons. The monoisotopic (exact) mass is 254 g/mol. The summed E-state index contributed by atoms with van der Waals surface area (Å²) >= 11 is 0. The molecular weight excluding hydrogens is 224 g/mol. The summed E-state index contributed by atoms with van der Waals surface area (Å²) in [5.41, 5.74) is 0.0691. The molecule has 3 atom stereocenters. The number of hydrogen-bond acceptors (Lipinski definition) is 3. The summed E-state index contributed by atoms with van der Waals surface area (Å²) in [5.74, 6) is 0.778. The van der Waals surface area contributed by atoms with Crippen LogP contribution in [0.25, 0.3) is 0 Å². The van der Waals surface area contributed by atoms with Crippen LogP contribution in [0.3, 0.4) is 0 Å². The molecule has 1 N–H and O–H groups in total. The van der Waals surface area contributed by atoms with E-state index in [-0.39, 0.29) is 5.60 Å². The van der Waals surface area contributed by atoms with E-state index in [9.17, 15) is 0 Å². The zero-order valence-corrected chi connectivity index (χ0v) is 12.5. The van der Waals surface area contributed by atoms with Crippen molar-refractivity contribution in [1.29, 1.82) is 0 Å².